The largest absolute Gasteiger partial charge is 0.461 e. The first-order valence-electron chi connectivity index (χ1n) is 7.89. The molecule has 2 atom stereocenters. The molecule has 0 amide bonds. The summed E-state index contributed by atoms with van der Waals surface area (Å²) in [4.78, 5) is 12.0. The van der Waals surface area contributed by atoms with E-state index in [9.17, 15) is 4.79 Å². The summed E-state index contributed by atoms with van der Waals surface area (Å²) in [6.45, 7) is 6.88. The Morgan fingerprint density at radius 3 is 2.06 bits per heavy atom. The van der Waals surface area contributed by atoms with Gasteiger partial charge in [-0.1, -0.05) is 58.2 Å². The van der Waals surface area contributed by atoms with Crippen LogP contribution in [0.1, 0.15) is 52.9 Å². The highest BCUT2D eigenvalue weighted by atomic mass is 28.3. The van der Waals surface area contributed by atoms with Crippen LogP contribution in [-0.4, -0.2) is 20.1 Å². The molecular weight excluding hydrogens is 240 g/mol. The molecule has 2 fully saturated rings. The van der Waals surface area contributed by atoms with Crippen molar-refractivity contribution in [1.29, 1.82) is 0 Å². The number of hydrogen-bond acceptors (Lipinski definition) is 2. The summed E-state index contributed by atoms with van der Waals surface area (Å²) in [5.74, 6) is 0.820. The Hall–Kier alpha value is -0.313. The van der Waals surface area contributed by atoms with E-state index in [2.05, 4.69) is 20.8 Å². The topological polar surface area (TPSA) is 26.3 Å². The molecule has 18 heavy (non-hydrogen) atoms. The maximum Gasteiger partial charge on any atom is 0.310 e. The van der Waals surface area contributed by atoms with Crippen LogP contribution in [0.3, 0.4) is 0 Å². The fraction of sp³-hybridized carbons (Fsp3) is 0.933. The molecule has 1 aliphatic carbocycles. The molecule has 1 aliphatic heterocycles. The lowest BCUT2D eigenvalue weighted by Gasteiger charge is -2.49. The Morgan fingerprint density at radius 1 is 1.06 bits per heavy atom. The molecule has 0 radical (unpaired) electrons. The van der Waals surface area contributed by atoms with Crippen LogP contribution in [0.2, 0.25) is 23.7 Å². The van der Waals surface area contributed by atoms with Crippen LogP contribution in [0, 0.1) is 5.92 Å². The third kappa shape index (κ3) is 2.26. The molecule has 0 aromatic heterocycles. The van der Waals surface area contributed by atoms with Crippen LogP contribution in [0.4, 0.5) is 0 Å². The zero-order valence-corrected chi connectivity index (χ0v) is 13.2. The summed E-state index contributed by atoms with van der Waals surface area (Å²) in [6.07, 6.45) is 6.92. The minimum Gasteiger partial charge on any atom is -0.461 e. The first-order valence-corrected chi connectivity index (χ1v) is 10.6. The highest BCUT2D eigenvalue weighted by molar-refractivity contribution is 6.84. The average molecular weight is 268 g/mol. The summed E-state index contributed by atoms with van der Waals surface area (Å²) in [5.41, 5.74) is 0.320. The molecule has 0 aromatic carbocycles. The zero-order valence-electron chi connectivity index (χ0n) is 12.2. The predicted octanol–water partition coefficient (Wildman–Crippen LogP) is 4.37. The second-order valence-corrected chi connectivity index (χ2v) is 11.7. The van der Waals surface area contributed by atoms with E-state index in [0.717, 1.165) is 0 Å². The van der Waals surface area contributed by atoms with E-state index in [1.807, 2.05) is 0 Å². The summed E-state index contributed by atoms with van der Waals surface area (Å²) < 4.78 is 5.60. The first-order chi connectivity index (χ1) is 8.68. The van der Waals surface area contributed by atoms with Gasteiger partial charge in [0.25, 0.3) is 0 Å². The molecule has 3 heteroatoms. The van der Waals surface area contributed by atoms with Gasteiger partial charge in [0.2, 0.25) is 0 Å². The highest BCUT2D eigenvalue weighted by Crippen LogP contribution is 2.49. The monoisotopic (exact) mass is 268 g/mol. The third-order valence-corrected chi connectivity index (χ3v) is 11.8. The van der Waals surface area contributed by atoms with Crippen LogP contribution in [-0.2, 0) is 9.53 Å². The van der Waals surface area contributed by atoms with Crippen molar-refractivity contribution in [3.63, 3.8) is 0 Å². The molecular formula is C15H28O2Si. The molecule has 0 N–H and O–H groups in total. The van der Waals surface area contributed by atoms with Crippen LogP contribution in [0.15, 0.2) is 0 Å². The minimum absolute atomic E-state index is 0.141. The predicted molar refractivity (Wildman–Crippen MR) is 77.4 cm³/mol. The Labute approximate surface area is 112 Å². The van der Waals surface area contributed by atoms with E-state index in [0.29, 0.717) is 17.6 Å². The van der Waals surface area contributed by atoms with Crippen molar-refractivity contribution >= 4 is 14.0 Å². The Kier molecular flexibility index (Phi) is 4.52. The lowest BCUT2D eigenvalue weighted by atomic mass is 9.82. The molecule has 0 aromatic rings. The van der Waals surface area contributed by atoms with Gasteiger partial charge in [-0.2, -0.15) is 0 Å². The summed E-state index contributed by atoms with van der Waals surface area (Å²) in [6, 6.07) is 3.72. The van der Waals surface area contributed by atoms with Crippen molar-refractivity contribution in [2.24, 2.45) is 5.92 Å². The second kappa shape index (κ2) is 5.77. The molecule has 2 nitrogen and oxygen atoms in total. The van der Waals surface area contributed by atoms with E-state index in [1.54, 1.807) is 0 Å². The van der Waals surface area contributed by atoms with Gasteiger partial charge >= 0.3 is 5.97 Å². The maximum atomic E-state index is 12.0. The van der Waals surface area contributed by atoms with E-state index < -0.39 is 8.07 Å². The Balaban J connectivity index is 2.11. The lowest BCUT2D eigenvalue weighted by Crippen LogP contribution is -2.58. The summed E-state index contributed by atoms with van der Waals surface area (Å²) >= 11 is 0. The van der Waals surface area contributed by atoms with Gasteiger partial charge < -0.3 is 4.74 Å². The molecule has 0 bridgehead atoms. The minimum atomic E-state index is -1.42. The van der Waals surface area contributed by atoms with Gasteiger partial charge in [0.05, 0.1) is 13.6 Å². The van der Waals surface area contributed by atoms with Gasteiger partial charge in [-0.25, -0.2) is 0 Å². The number of carbonyl (C=O) groups excluding carboxylic acids is 1. The van der Waals surface area contributed by atoms with Gasteiger partial charge in [0.15, 0.2) is 0 Å². The standard InChI is InChI=1S/C15H28O2Si/c1-4-18(5-2,6-3)14-13(17-15(14)16)12-10-8-7-9-11-12/h12-14H,4-11H2,1-3H3/t13-,14+/m0/s1. The van der Waals surface area contributed by atoms with Crippen molar-refractivity contribution in [1.82, 2.24) is 0 Å². The average Bonchev–Trinajstić information content (AvgIpc) is 2.43. The number of hydrogen-bond donors (Lipinski definition) is 0. The van der Waals surface area contributed by atoms with Crippen molar-refractivity contribution < 1.29 is 9.53 Å². The van der Waals surface area contributed by atoms with Crippen molar-refractivity contribution in [3.05, 3.63) is 0 Å². The maximum absolute atomic E-state index is 12.0. The Bertz CT molecular complexity index is 285. The van der Waals surface area contributed by atoms with Gasteiger partial charge in [0.1, 0.15) is 6.10 Å². The normalized spacial score (nSPS) is 29.8. The SMILES string of the molecule is CC[Si](CC)(CC)[C@H]1C(=O)O[C@H]1C1CCCCC1. The van der Waals surface area contributed by atoms with E-state index in [-0.39, 0.29) is 5.97 Å². The molecule has 2 aliphatic rings. The molecule has 0 unspecified atom stereocenters. The number of cyclic esters (lactones) is 1. The quantitative estimate of drug-likeness (QED) is 0.546. The van der Waals surface area contributed by atoms with Crippen LogP contribution in [0.5, 0.6) is 0 Å². The van der Waals surface area contributed by atoms with E-state index >= 15 is 0 Å². The Morgan fingerprint density at radius 2 is 1.61 bits per heavy atom. The van der Waals surface area contributed by atoms with Gasteiger partial charge in [-0.15, -0.1) is 0 Å². The van der Waals surface area contributed by atoms with Crippen LogP contribution < -0.4 is 0 Å². The number of carbonyl (C=O) groups is 1. The van der Waals surface area contributed by atoms with Crippen molar-refractivity contribution in [2.45, 2.75) is 82.7 Å². The molecule has 1 saturated carbocycles. The molecule has 104 valence electrons. The summed E-state index contributed by atoms with van der Waals surface area (Å²) in [5, 5.41) is 0. The zero-order chi connectivity index (χ0) is 13.2. The number of ether oxygens (including phenoxy) is 1. The second-order valence-electron chi connectivity index (χ2n) is 6.20. The van der Waals surface area contributed by atoms with Crippen molar-refractivity contribution in [3.8, 4) is 0 Å². The van der Waals surface area contributed by atoms with E-state index in [1.165, 1.54) is 50.2 Å². The van der Waals surface area contributed by atoms with Gasteiger partial charge in [-0.05, 0) is 18.8 Å². The fourth-order valence-corrected chi connectivity index (χ4v) is 8.60. The molecule has 1 heterocycles. The number of rotatable bonds is 5. The van der Waals surface area contributed by atoms with Crippen LogP contribution >= 0.6 is 0 Å². The van der Waals surface area contributed by atoms with Crippen molar-refractivity contribution in [2.75, 3.05) is 0 Å². The molecule has 2 rings (SSSR count). The number of esters is 1. The van der Waals surface area contributed by atoms with E-state index in [4.69, 9.17) is 4.74 Å². The molecule has 0 spiro atoms. The third-order valence-electron chi connectivity index (χ3n) is 5.72. The summed E-state index contributed by atoms with van der Waals surface area (Å²) in [7, 11) is -1.42. The van der Waals surface area contributed by atoms with Gasteiger partial charge in [-0.3, -0.25) is 4.79 Å². The van der Waals surface area contributed by atoms with Crippen LogP contribution in [0.25, 0.3) is 0 Å². The lowest BCUT2D eigenvalue weighted by molar-refractivity contribution is -0.176. The van der Waals surface area contributed by atoms with Gasteiger partial charge in [0, 0.05) is 0 Å². The first kappa shape index (κ1) is 14.1. The molecule has 1 saturated heterocycles. The fourth-order valence-electron chi connectivity index (χ4n) is 4.18. The smallest absolute Gasteiger partial charge is 0.310 e. The highest BCUT2D eigenvalue weighted by Gasteiger charge is 2.56.